The van der Waals surface area contributed by atoms with Crippen molar-refractivity contribution in [2.24, 2.45) is 0 Å². The van der Waals surface area contributed by atoms with E-state index < -0.39 is 0 Å². The van der Waals surface area contributed by atoms with E-state index in [4.69, 9.17) is 9.47 Å². The molecule has 1 aliphatic heterocycles. The van der Waals surface area contributed by atoms with Crippen LogP contribution in [0.5, 0.6) is 11.5 Å². The maximum atomic E-state index is 12.4. The van der Waals surface area contributed by atoms with Crippen molar-refractivity contribution in [3.8, 4) is 11.5 Å². The molecule has 0 spiro atoms. The standard InChI is InChI=1S/C15H14O3S/c1-17-12-8-14(19-9-12)15(16)11-4-5-13-10(7-11)3-2-6-18-13/h4-5,7-9H,2-3,6H2,1H3. The van der Waals surface area contributed by atoms with Gasteiger partial charge in [-0.05, 0) is 36.6 Å². The number of ether oxygens (including phenoxy) is 2. The molecule has 0 fully saturated rings. The highest BCUT2D eigenvalue weighted by molar-refractivity contribution is 7.12. The molecule has 0 bridgehead atoms. The van der Waals surface area contributed by atoms with Crippen LogP contribution in [-0.2, 0) is 6.42 Å². The normalized spacial score (nSPS) is 13.5. The molecule has 4 heteroatoms. The van der Waals surface area contributed by atoms with Crippen molar-refractivity contribution in [1.82, 2.24) is 0 Å². The maximum absolute atomic E-state index is 12.4. The van der Waals surface area contributed by atoms with Gasteiger partial charge in [-0.25, -0.2) is 0 Å². The Balaban J connectivity index is 1.91. The summed E-state index contributed by atoms with van der Waals surface area (Å²) in [7, 11) is 1.60. The fraction of sp³-hybridized carbons (Fsp3) is 0.267. The molecule has 1 aromatic heterocycles. The minimum absolute atomic E-state index is 0.0432. The van der Waals surface area contributed by atoms with E-state index in [1.807, 2.05) is 23.6 Å². The summed E-state index contributed by atoms with van der Waals surface area (Å²) in [5.74, 6) is 1.68. The van der Waals surface area contributed by atoms with E-state index >= 15 is 0 Å². The highest BCUT2D eigenvalue weighted by Gasteiger charge is 2.16. The highest BCUT2D eigenvalue weighted by Crippen LogP contribution is 2.28. The molecule has 19 heavy (non-hydrogen) atoms. The average molecular weight is 274 g/mol. The molecule has 3 rings (SSSR count). The molecule has 0 saturated carbocycles. The minimum Gasteiger partial charge on any atom is -0.496 e. The van der Waals surface area contributed by atoms with Gasteiger partial charge in [0.05, 0.1) is 18.6 Å². The van der Waals surface area contributed by atoms with E-state index in [2.05, 4.69) is 0 Å². The summed E-state index contributed by atoms with van der Waals surface area (Å²) in [4.78, 5) is 13.1. The summed E-state index contributed by atoms with van der Waals surface area (Å²) in [6, 6.07) is 7.46. The first-order valence-corrected chi connectivity index (χ1v) is 7.09. The third kappa shape index (κ3) is 2.36. The molecule has 2 heterocycles. The van der Waals surface area contributed by atoms with Crippen LogP contribution in [0.1, 0.15) is 27.2 Å². The van der Waals surface area contributed by atoms with Crippen LogP contribution in [-0.4, -0.2) is 19.5 Å². The summed E-state index contributed by atoms with van der Waals surface area (Å²) in [6.45, 7) is 0.766. The maximum Gasteiger partial charge on any atom is 0.203 e. The second-order valence-corrected chi connectivity index (χ2v) is 5.37. The zero-order valence-electron chi connectivity index (χ0n) is 10.6. The van der Waals surface area contributed by atoms with Gasteiger partial charge < -0.3 is 9.47 Å². The lowest BCUT2D eigenvalue weighted by atomic mass is 10.0. The predicted molar refractivity (Wildman–Crippen MR) is 74.6 cm³/mol. The van der Waals surface area contributed by atoms with Gasteiger partial charge in [-0.2, -0.15) is 0 Å². The Morgan fingerprint density at radius 3 is 3.05 bits per heavy atom. The molecule has 0 radical (unpaired) electrons. The van der Waals surface area contributed by atoms with Crippen LogP contribution in [0.2, 0.25) is 0 Å². The Morgan fingerprint density at radius 1 is 1.37 bits per heavy atom. The zero-order chi connectivity index (χ0) is 13.2. The van der Waals surface area contributed by atoms with Gasteiger partial charge in [-0.3, -0.25) is 4.79 Å². The Morgan fingerprint density at radius 2 is 2.26 bits per heavy atom. The van der Waals surface area contributed by atoms with Gasteiger partial charge >= 0.3 is 0 Å². The molecule has 0 saturated heterocycles. The fourth-order valence-corrected chi connectivity index (χ4v) is 3.01. The number of carbonyl (C=O) groups is 1. The quantitative estimate of drug-likeness (QED) is 0.805. The van der Waals surface area contributed by atoms with E-state index in [-0.39, 0.29) is 5.78 Å². The number of fused-ring (bicyclic) bond motifs is 1. The number of hydrogen-bond acceptors (Lipinski definition) is 4. The lowest BCUT2D eigenvalue weighted by Gasteiger charge is -2.17. The summed E-state index contributed by atoms with van der Waals surface area (Å²) in [6.07, 6.45) is 1.99. The number of aryl methyl sites for hydroxylation is 1. The second kappa shape index (κ2) is 5.05. The first-order valence-electron chi connectivity index (χ1n) is 6.21. The van der Waals surface area contributed by atoms with Crippen LogP contribution in [0.25, 0.3) is 0 Å². The first-order chi connectivity index (χ1) is 9.28. The Hall–Kier alpha value is -1.81. The van der Waals surface area contributed by atoms with Gasteiger partial charge in [-0.1, -0.05) is 0 Å². The van der Waals surface area contributed by atoms with Gasteiger partial charge in [-0.15, -0.1) is 11.3 Å². The van der Waals surface area contributed by atoms with Crippen molar-refractivity contribution in [1.29, 1.82) is 0 Å². The number of carbonyl (C=O) groups excluding carboxylic acids is 1. The SMILES string of the molecule is COc1csc(C(=O)c2ccc3c(c2)CCCO3)c1. The number of ketones is 1. The van der Waals surface area contributed by atoms with Crippen LogP contribution in [0.15, 0.2) is 29.6 Å². The average Bonchev–Trinajstić information content (AvgIpc) is 2.95. The van der Waals surface area contributed by atoms with E-state index in [0.717, 1.165) is 36.5 Å². The molecule has 2 aromatic rings. The smallest absolute Gasteiger partial charge is 0.203 e. The number of rotatable bonds is 3. The van der Waals surface area contributed by atoms with Gasteiger partial charge in [0.2, 0.25) is 5.78 Å². The number of benzene rings is 1. The van der Waals surface area contributed by atoms with Crippen LogP contribution >= 0.6 is 11.3 Å². The summed E-state index contributed by atoms with van der Waals surface area (Å²) in [5, 5.41) is 1.84. The lowest BCUT2D eigenvalue weighted by molar-refractivity contribution is 0.104. The lowest BCUT2D eigenvalue weighted by Crippen LogP contribution is -2.09. The van der Waals surface area contributed by atoms with E-state index in [1.54, 1.807) is 13.2 Å². The monoisotopic (exact) mass is 274 g/mol. The Bertz CT molecular complexity index is 616. The van der Waals surface area contributed by atoms with Crippen molar-refractivity contribution in [2.45, 2.75) is 12.8 Å². The number of thiophene rings is 1. The third-order valence-electron chi connectivity index (χ3n) is 3.21. The summed E-state index contributed by atoms with van der Waals surface area (Å²) < 4.78 is 10.7. The molecule has 0 atom stereocenters. The van der Waals surface area contributed by atoms with Crippen molar-refractivity contribution in [3.05, 3.63) is 45.6 Å². The summed E-state index contributed by atoms with van der Waals surface area (Å²) in [5.41, 5.74) is 1.84. The van der Waals surface area contributed by atoms with Crippen LogP contribution < -0.4 is 9.47 Å². The molecule has 1 aliphatic rings. The second-order valence-electron chi connectivity index (χ2n) is 4.45. The van der Waals surface area contributed by atoms with Crippen molar-refractivity contribution in [2.75, 3.05) is 13.7 Å². The van der Waals surface area contributed by atoms with Gasteiger partial charge in [0, 0.05) is 17.0 Å². The molecule has 3 nitrogen and oxygen atoms in total. The van der Waals surface area contributed by atoms with E-state index in [1.165, 1.54) is 11.3 Å². The van der Waals surface area contributed by atoms with Crippen LogP contribution in [0, 0.1) is 0 Å². The molecular weight excluding hydrogens is 260 g/mol. The molecule has 98 valence electrons. The van der Waals surface area contributed by atoms with Crippen LogP contribution in [0.3, 0.4) is 0 Å². The molecule has 0 unspecified atom stereocenters. The number of methoxy groups -OCH3 is 1. The zero-order valence-corrected chi connectivity index (χ0v) is 11.5. The Kier molecular flexibility index (Phi) is 3.25. The molecular formula is C15H14O3S. The largest absolute Gasteiger partial charge is 0.496 e. The first kappa shape index (κ1) is 12.2. The molecule has 1 aromatic carbocycles. The highest BCUT2D eigenvalue weighted by atomic mass is 32.1. The van der Waals surface area contributed by atoms with Gasteiger partial charge in [0.15, 0.2) is 0 Å². The van der Waals surface area contributed by atoms with Crippen molar-refractivity contribution >= 4 is 17.1 Å². The Labute approximate surface area is 115 Å². The minimum atomic E-state index is 0.0432. The van der Waals surface area contributed by atoms with E-state index in [9.17, 15) is 4.79 Å². The van der Waals surface area contributed by atoms with Crippen molar-refractivity contribution in [3.63, 3.8) is 0 Å². The fourth-order valence-electron chi connectivity index (χ4n) is 2.19. The van der Waals surface area contributed by atoms with Gasteiger partial charge in [0.1, 0.15) is 11.5 Å². The van der Waals surface area contributed by atoms with Gasteiger partial charge in [0.25, 0.3) is 0 Å². The van der Waals surface area contributed by atoms with E-state index in [0.29, 0.717) is 10.4 Å². The van der Waals surface area contributed by atoms with Crippen molar-refractivity contribution < 1.29 is 14.3 Å². The van der Waals surface area contributed by atoms with Crippen LogP contribution in [0.4, 0.5) is 0 Å². The topological polar surface area (TPSA) is 35.5 Å². The predicted octanol–water partition coefficient (Wildman–Crippen LogP) is 3.31. The molecule has 0 aliphatic carbocycles. The third-order valence-corrected chi connectivity index (χ3v) is 4.11. The molecule has 0 N–H and O–H groups in total. The number of hydrogen-bond donors (Lipinski definition) is 0. The molecule has 0 amide bonds. The summed E-state index contributed by atoms with van der Waals surface area (Å²) >= 11 is 1.41.